The fraction of sp³-hybridized carbons (Fsp3) is 0.533. The second kappa shape index (κ2) is 6.99. The number of hydrogen-bond donors (Lipinski definition) is 1. The molecule has 0 aromatic heterocycles. The summed E-state index contributed by atoms with van der Waals surface area (Å²) in [6.45, 7) is 1.30. The molecule has 132 valence electrons. The normalized spacial score (nSPS) is 19.7. The molecule has 1 N–H and O–H groups in total. The number of rotatable bonds is 5. The molecule has 1 heterocycles. The van der Waals surface area contributed by atoms with Crippen LogP contribution in [0.4, 0.5) is 13.2 Å². The molecule has 0 spiro atoms. The summed E-state index contributed by atoms with van der Waals surface area (Å²) in [5.74, 6) is -0.241. The van der Waals surface area contributed by atoms with Crippen LogP contribution < -0.4 is 10.1 Å². The summed E-state index contributed by atoms with van der Waals surface area (Å²) in [7, 11) is -3.33. The van der Waals surface area contributed by atoms with Gasteiger partial charge in [-0.05, 0) is 31.2 Å². The predicted octanol–water partition coefficient (Wildman–Crippen LogP) is 1.98. The van der Waals surface area contributed by atoms with Gasteiger partial charge in [0.2, 0.25) is 0 Å². The highest BCUT2D eigenvalue weighted by Gasteiger charge is 2.34. The third-order valence-electron chi connectivity index (χ3n) is 3.80. The minimum atomic E-state index is -4.63. The van der Waals surface area contributed by atoms with Crippen LogP contribution in [0.2, 0.25) is 0 Å². The summed E-state index contributed by atoms with van der Waals surface area (Å²) in [6, 6.07) is 4.39. The van der Waals surface area contributed by atoms with Crippen LogP contribution in [-0.2, 0) is 16.0 Å². The van der Waals surface area contributed by atoms with Crippen LogP contribution in [0.1, 0.15) is 17.5 Å². The van der Waals surface area contributed by atoms with E-state index in [1.807, 2.05) is 0 Å². The Morgan fingerprint density at radius 3 is 2.67 bits per heavy atom. The van der Waals surface area contributed by atoms with Crippen LogP contribution >= 0.6 is 0 Å². The van der Waals surface area contributed by atoms with E-state index in [0.717, 1.165) is 31.0 Å². The summed E-state index contributed by atoms with van der Waals surface area (Å²) in [6.07, 6.45) is -3.52. The SMILES string of the molecule is CS(=O)(=O)C[C@H](Oc1ccc(C(F)(F)F)c(C#N)c1)C1CCNC1. The van der Waals surface area contributed by atoms with Crippen molar-refractivity contribution in [3.63, 3.8) is 0 Å². The molecule has 1 saturated heterocycles. The Hall–Kier alpha value is -1.79. The van der Waals surface area contributed by atoms with E-state index in [1.54, 1.807) is 0 Å². The highest BCUT2D eigenvalue weighted by atomic mass is 32.2. The minimum absolute atomic E-state index is 0.0556. The average Bonchev–Trinajstić information content (AvgIpc) is 2.98. The van der Waals surface area contributed by atoms with Gasteiger partial charge in [-0.2, -0.15) is 18.4 Å². The molecule has 0 bridgehead atoms. The number of halogens is 3. The van der Waals surface area contributed by atoms with Gasteiger partial charge in [0, 0.05) is 18.7 Å². The third kappa shape index (κ3) is 4.85. The van der Waals surface area contributed by atoms with Gasteiger partial charge in [-0.3, -0.25) is 0 Å². The lowest BCUT2D eigenvalue weighted by atomic mass is 10.0. The molecule has 2 atom stereocenters. The van der Waals surface area contributed by atoms with Gasteiger partial charge in [0.15, 0.2) is 9.84 Å². The van der Waals surface area contributed by atoms with E-state index in [-0.39, 0.29) is 17.4 Å². The van der Waals surface area contributed by atoms with Gasteiger partial charge < -0.3 is 10.1 Å². The van der Waals surface area contributed by atoms with Crippen LogP contribution in [0.15, 0.2) is 18.2 Å². The predicted molar refractivity (Wildman–Crippen MR) is 81.3 cm³/mol. The maximum atomic E-state index is 12.8. The first-order chi connectivity index (χ1) is 11.1. The van der Waals surface area contributed by atoms with Gasteiger partial charge in [0.1, 0.15) is 11.9 Å². The van der Waals surface area contributed by atoms with Crippen molar-refractivity contribution in [3.8, 4) is 11.8 Å². The van der Waals surface area contributed by atoms with Crippen LogP contribution in [0.3, 0.4) is 0 Å². The molecule has 2 rings (SSSR count). The Morgan fingerprint density at radius 1 is 1.46 bits per heavy atom. The van der Waals surface area contributed by atoms with Crippen molar-refractivity contribution >= 4 is 9.84 Å². The van der Waals surface area contributed by atoms with Crippen LogP contribution in [0, 0.1) is 17.2 Å². The van der Waals surface area contributed by atoms with Gasteiger partial charge in [-0.25, -0.2) is 8.42 Å². The molecule has 0 aliphatic carbocycles. The molecule has 9 heteroatoms. The molecule has 1 aromatic carbocycles. The molecule has 1 unspecified atom stereocenters. The maximum Gasteiger partial charge on any atom is 0.417 e. The van der Waals surface area contributed by atoms with E-state index >= 15 is 0 Å². The first-order valence-corrected chi connectivity index (χ1v) is 9.32. The molecule has 5 nitrogen and oxygen atoms in total. The number of benzene rings is 1. The number of sulfone groups is 1. The van der Waals surface area contributed by atoms with Gasteiger partial charge in [0.05, 0.1) is 22.9 Å². The zero-order valence-electron chi connectivity index (χ0n) is 12.9. The van der Waals surface area contributed by atoms with Crippen molar-refractivity contribution < 1.29 is 26.3 Å². The molecule has 0 amide bonds. The molecule has 0 saturated carbocycles. The monoisotopic (exact) mass is 362 g/mol. The highest BCUT2D eigenvalue weighted by molar-refractivity contribution is 7.90. The summed E-state index contributed by atoms with van der Waals surface area (Å²) in [5, 5.41) is 12.0. The van der Waals surface area contributed by atoms with Crippen molar-refractivity contribution in [1.29, 1.82) is 5.26 Å². The van der Waals surface area contributed by atoms with E-state index < -0.39 is 33.2 Å². The number of ether oxygens (including phenoxy) is 1. The van der Waals surface area contributed by atoms with Crippen molar-refractivity contribution in [2.45, 2.75) is 18.7 Å². The molecule has 1 aliphatic heterocycles. The fourth-order valence-corrected chi connectivity index (χ4v) is 3.61. The lowest BCUT2D eigenvalue weighted by Gasteiger charge is -2.24. The van der Waals surface area contributed by atoms with Crippen molar-refractivity contribution in [3.05, 3.63) is 29.3 Å². The third-order valence-corrected chi connectivity index (χ3v) is 4.73. The molecule has 1 aromatic rings. The Morgan fingerprint density at radius 2 is 2.17 bits per heavy atom. The Kier molecular flexibility index (Phi) is 5.40. The quantitative estimate of drug-likeness (QED) is 0.866. The average molecular weight is 362 g/mol. The fourth-order valence-electron chi connectivity index (χ4n) is 2.67. The number of nitrogens with one attached hydrogen (secondary N) is 1. The smallest absolute Gasteiger partial charge is 0.417 e. The number of alkyl halides is 3. The van der Waals surface area contributed by atoms with Crippen LogP contribution in [-0.4, -0.2) is 39.6 Å². The summed E-state index contributed by atoms with van der Waals surface area (Å²) < 4.78 is 67.3. The number of nitrogens with zero attached hydrogens (tertiary/aromatic N) is 1. The van der Waals surface area contributed by atoms with Crippen molar-refractivity contribution in [1.82, 2.24) is 5.32 Å². The van der Waals surface area contributed by atoms with Crippen LogP contribution in [0.25, 0.3) is 0 Å². The summed E-state index contributed by atoms with van der Waals surface area (Å²) in [4.78, 5) is 0. The lowest BCUT2D eigenvalue weighted by molar-refractivity contribution is -0.137. The van der Waals surface area contributed by atoms with Crippen LogP contribution in [0.5, 0.6) is 5.75 Å². The van der Waals surface area contributed by atoms with E-state index in [9.17, 15) is 21.6 Å². The highest BCUT2D eigenvalue weighted by Crippen LogP contribution is 2.34. The summed E-state index contributed by atoms with van der Waals surface area (Å²) in [5.41, 5.74) is -1.60. The van der Waals surface area contributed by atoms with Crippen molar-refractivity contribution in [2.24, 2.45) is 5.92 Å². The zero-order chi connectivity index (χ0) is 18.0. The van der Waals surface area contributed by atoms with E-state index in [1.165, 1.54) is 6.07 Å². The first kappa shape index (κ1) is 18.5. The molecular formula is C15H17F3N2O3S. The Balaban J connectivity index is 2.27. The topological polar surface area (TPSA) is 79.2 Å². The van der Waals surface area contributed by atoms with Gasteiger partial charge in [-0.1, -0.05) is 0 Å². The molecule has 1 fully saturated rings. The van der Waals surface area contributed by atoms with Gasteiger partial charge >= 0.3 is 6.18 Å². The molecule has 1 aliphatic rings. The second-order valence-electron chi connectivity index (χ2n) is 5.82. The van der Waals surface area contributed by atoms with E-state index in [0.29, 0.717) is 13.0 Å². The van der Waals surface area contributed by atoms with E-state index in [2.05, 4.69) is 5.32 Å². The van der Waals surface area contributed by atoms with Gasteiger partial charge in [0.25, 0.3) is 0 Å². The Bertz CT molecular complexity index is 735. The molecule has 24 heavy (non-hydrogen) atoms. The maximum absolute atomic E-state index is 12.8. The standard InChI is InChI=1S/C15H17F3N2O3S/c1-24(21,22)9-14(10-4-5-20-8-10)23-12-2-3-13(15(16,17)18)11(6-12)7-19/h2-3,6,10,14,20H,4-5,8-9H2,1H3/t10?,14-/m0/s1. The lowest BCUT2D eigenvalue weighted by Crippen LogP contribution is -2.35. The molecular weight excluding hydrogens is 345 g/mol. The number of hydrogen-bond acceptors (Lipinski definition) is 5. The minimum Gasteiger partial charge on any atom is -0.489 e. The summed E-state index contributed by atoms with van der Waals surface area (Å²) >= 11 is 0. The Labute approximate surface area is 138 Å². The second-order valence-corrected chi connectivity index (χ2v) is 8.00. The number of nitriles is 1. The largest absolute Gasteiger partial charge is 0.489 e. The van der Waals surface area contributed by atoms with Gasteiger partial charge in [-0.15, -0.1) is 0 Å². The van der Waals surface area contributed by atoms with Crippen molar-refractivity contribution in [2.75, 3.05) is 25.1 Å². The first-order valence-electron chi connectivity index (χ1n) is 7.26. The molecule has 0 radical (unpaired) electrons. The zero-order valence-corrected chi connectivity index (χ0v) is 13.7. The van der Waals surface area contributed by atoms with E-state index in [4.69, 9.17) is 10.00 Å².